The number of hydrogen-bond donors (Lipinski definition) is 1. The molecule has 0 unspecified atom stereocenters. The molecule has 0 aliphatic rings. The summed E-state index contributed by atoms with van der Waals surface area (Å²) in [6.07, 6.45) is 0.397. The number of nitrogens with zero attached hydrogens (tertiary/aromatic N) is 1. The van der Waals surface area contributed by atoms with Gasteiger partial charge < -0.3 is 15.0 Å². The molecule has 3 aromatic carbocycles. The van der Waals surface area contributed by atoms with Gasteiger partial charge in [0.05, 0.1) is 0 Å². The summed E-state index contributed by atoms with van der Waals surface area (Å²) in [7, 11) is 0. The van der Waals surface area contributed by atoms with Crippen molar-refractivity contribution in [3.63, 3.8) is 0 Å². The van der Waals surface area contributed by atoms with E-state index in [1.807, 2.05) is 101 Å². The van der Waals surface area contributed by atoms with E-state index in [0.29, 0.717) is 12.2 Å². The Balaban J connectivity index is 1.93. The summed E-state index contributed by atoms with van der Waals surface area (Å²) in [4.78, 5) is 28.9. The Morgan fingerprint density at radius 1 is 0.917 bits per heavy atom. The summed E-state index contributed by atoms with van der Waals surface area (Å²) in [6, 6.07) is 22.7. The highest BCUT2D eigenvalue weighted by atomic mass is 79.9. The van der Waals surface area contributed by atoms with Gasteiger partial charge in [-0.05, 0) is 81.1 Å². The van der Waals surface area contributed by atoms with Crippen molar-refractivity contribution < 1.29 is 14.3 Å². The minimum absolute atomic E-state index is 0.159. The minimum atomic E-state index is -0.703. The van der Waals surface area contributed by atoms with Crippen LogP contribution >= 0.6 is 15.9 Å². The fourth-order valence-electron chi connectivity index (χ4n) is 4.04. The SMILES string of the molecule is Cc1cc(C)cc(OCC(=O)N(Cc2ccc(Br)cc2)[C@@H](Cc2ccccc2)C(=O)NC(C)(C)C)c1. The number of aryl methyl sites for hydroxylation is 2. The molecule has 5 nitrogen and oxygen atoms in total. The Morgan fingerprint density at radius 3 is 2.11 bits per heavy atom. The molecule has 0 aliphatic carbocycles. The number of benzene rings is 3. The molecule has 3 aromatic rings. The standard InChI is InChI=1S/C30H35BrN2O3/c1-21-15-22(2)17-26(16-21)36-20-28(34)33(19-24-11-13-25(31)14-12-24)27(29(35)32-30(3,4)5)18-23-9-7-6-8-10-23/h6-17,27H,18-20H2,1-5H3,(H,32,35)/t27-/m0/s1. The second-order valence-corrected chi connectivity index (χ2v) is 11.1. The normalized spacial score (nSPS) is 12.1. The quantitative estimate of drug-likeness (QED) is 0.355. The zero-order valence-electron chi connectivity index (χ0n) is 21.7. The van der Waals surface area contributed by atoms with Crippen LogP contribution in [0.3, 0.4) is 0 Å². The highest BCUT2D eigenvalue weighted by Crippen LogP contribution is 2.20. The van der Waals surface area contributed by atoms with Gasteiger partial charge in [0.15, 0.2) is 6.61 Å². The van der Waals surface area contributed by atoms with Crippen LogP contribution in [0.2, 0.25) is 0 Å². The lowest BCUT2D eigenvalue weighted by atomic mass is 10.0. The largest absolute Gasteiger partial charge is 0.484 e. The first-order valence-electron chi connectivity index (χ1n) is 12.1. The van der Waals surface area contributed by atoms with E-state index >= 15 is 0 Å². The van der Waals surface area contributed by atoms with Crippen LogP contribution in [0.15, 0.2) is 77.3 Å². The third kappa shape index (κ3) is 8.52. The minimum Gasteiger partial charge on any atom is -0.484 e. The molecule has 0 radical (unpaired) electrons. The van der Waals surface area contributed by atoms with E-state index in [0.717, 1.165) is 26.7 Å². The number of carbonyl (C=O) groups is 2. The Labute approximate surface area is 223 Å². The van der Waals surface area contributed by atoms with Crippen molar-refractivity contribution in [2.45, 2.75) is 59.2 Å². The number of amides is 2. The van der Waals surface area contributed by atoms with Crippen molar-refractivity contribution in [2.24, 2.45) is 0 Å². The maximum atomic E-state index is 13.7. The van der Waals surface area contributed by atoms with Crippen molar-refractivity contribution in [3.05, 3.63) is 99.5 Å². The zero-order valence-corrected chi connectivity index (χ0v) is 23.3. The lowest BCUT2D eigenvalue weighted by Gasteiger charge is -2.33. The van der Waals surface area contributed by atoms with Crippen LogP contribution in [-0.4, -0.2) is 34.9 Å². The maximum Gasteiger partial charge on any atom is 0.261 e. The fraction of sp³-hybridized carbons (Fsp3) is 0.333. The number of ether oxygens (including phenoxy) is 1. The van der Waals surface area contributed by atoms with Crippen molar-refractivity contribution in [1.82, 2.24) is 10.2 Å². The molecule has 0 spiro atoms. The van der Waals surface area contributed by atoms with E-state index in [1.165, 1.54) is 0 Å². The molecule has 0 heterocycles. The fourth-order valence-corrected chi connectivity index (χ4v) is 4.30. The molecule has 1 N–H and O–H groups in total. The first-order chi connectivity index (χ1) is 17.0. The Hall–Kier alpha value is -3.12. The van der Waals surface area contributed by atoms with Crippen LogP contribution in [0.25, 0.3) is 0 Å². The van der Waals surface area contributed by atoms with Crippen LogP contribution in [0.1, 0.15) is 43.0 Å². The van der Waals surface area contributed by atoms with Crippen molar-refractivity contribution >= 4 is 27.7 Å². The first-order valence-corrected chi connectivity index (χ1v) is 12.9. The summed E-state index contributed by atoms with van der Waals surface area (Å²) >= 11 is 3.47. The monoisotopic (exact) mass is 550 g/mol. The third-order valence-corrected chi connectivity index (χ3v) is 6.12. The molecule has 6 heteroatoms. The van der Waals surface area contributed by atoms with Crippen molar-refractivity contribution in [1.29, 1.82) is 0 Å². The Kier molecular flexibility index (Phi) is 9.32. The molecular formula is C30H35BrN2O3. The molecule has 1 atom stereocenters. The number of halogens is 1. The van der Waals surface area contributed by atoms with Crippen molar-refractivity contribution in [3.8, 4) is 5.75 Å². The van der Waals surface area contributed by atoms with Gasteiger partial charge in [-0.15, -0.1) is 0 Å². The average molecular weight is 552 g/mol. The van der Waals surface area contributed by atoms with E-state index < -0.39 is 11.6 Å². The number of nitrogens with one attached hydrogen (secondary N) is 1. The topological polar surface area (TPSA) is 58.6 Å². The lowest BCUT2D eigenvalue weighted by molar-refractivity contribution is -0.143. The summed E-state index contributed by atoms with van der Waals surface area (Å²) < 4.78 is 6.87. The van der Waals surface area contributed by atoms with E-state index in [9.17, 15) is 9.59 Å². The number of hydrogen-bond acceptors (Lipinski definition) is 3. The molecule has 36 heavy (non-hydrogen) atoms. The molecule has 3 rings (SSSR count). The van der Waals surface area contributed by atoms with Gasteiger partial charge in [-0.2, -0.15) is 0 Å². The van der Waals surface area contributed by atoms with Crippen molar-refractivity contribution in [2.75, 3.05) is 6.61 Å². The average Bonchev–Trinajstić information content (AvgIpc) is 2.80. The van der Waals surface area contributed by atoms with E-state index in [-0.39, 0.29) is 25.0 Å². The van der Waals surface area contributed by atoms with E-state index in [1.54, 1.807) is 4.90 Å². The van der Waals surface area contributed by atoms with Gasteiger partial charge in [-0.25, -0.2) is 0 Å². The molecular weight excluding hydrogens is 516 g/mol. The predicted octanol–water partition coefficient (Wildman–Crippen LogP) is 6.00. The summed E-state index contributed by atoms with van der Waals surface area (Å²) in [5, 5.41) is 3.08. The molecule has 0 fully saturated rings. The van der Waals surface area contributed by atoms with Gasteiger partial charge in [0.2, 0.25) is 5.91 Å². The highest BCUT2D eigenvalue weighted by Gasteiger charge is 2.32. The molecule has 0 aromatic heterocycles. The van der Waals surface area contributed by atoms with Gasteiger partial charge in [0.25, 0.3) is 5.91 Å². The Bertz CT molecular complexity index is 1150. The molecule has 0 saturated carbocycles. The molecule has 2 amide bonds. The lowest BCUT2D eigenvalue weighted by Crippen LogP contribution is -2.55. The molecule has 0 bridgehead atoms. The smallest absolute Gasteiger partial charge is 0.261 e. The molecule has 190 valence electrons. The Morgan fingerprint density at radius 2 is 1.53 bits per heavy atom. The predicted molar refractivity (Wildman–Crippen MR) is 148 cm³/mol. The van der Waals surface area contributed by atoms with Crippen LogP contribution < -0.4 is 10.1 Å². The second-order valence-electron chi connectivity index (χ2n) is 10.2. The van der Waals surface area contributed by atoms with E-state index in [4.69, 9.17) is 4.74 Å². The number of rotatable bonds is 9. The van der Waals surface area contributed by atoms with Gasteiger partial charge in [0, 0.05) is 23.0 Å². The number of carbonyl (C=O) groups excluding carboxylic acids is 2. The molecule has 0 aliphatic heterocycles. The van der Waals surface area contributed by atoms with Crippen LogP contribution in [0, 0.1) is 13.8 Å². The first kappa shape index (κ1) is 27.5. The third-order valence-electron chi connectivity index (χ3n) is 5.59. The van der Waals surface area contributed by atoms with Gasteiger partial charge in [-0.3, -0.25) is 9.59 Å². The molecule has 0 saturated heterocycles. The van der Waals surface area contributed by atoms with Gasteiger partial charge >= 0.3 is 0 Å². The second kappa shape index (κ2) is 12.2. The highest BCUT2D eigenvalue weighted by molar-refractivity contribution is 9.10. The van der Waals surface area contributed by atoms with E-state index in [2.05, 4.69) is 27.3 Å². The zero-order chi connectivity index (χ0) is 26.3. The summed E-state index contributed by atoms with van der Waals surface area (Å²) in [5.74, 6) is 0.202. The maximum absolute atomic E-state index is 13.7. The van der Waals surface area contributed by atoms with Gasteiger partial charge in [-0.1, -0.05) is 64.5 Å². The van der Waals surface area contributed by atoms with Gasteiger partial charge in [0.1, 0.15) is 11.8 Å². The summed E-state index contributed by atoms with van der Waals surface area (Å²) in [6.45, 7) is 9.94. The van der Waals surface area contributed by atoms with Crippen LogP contribution in [0.5, 0.6) is 5.75 Å². The summed E-state index contributed by atoms with van der Waals surface area (Å²) in [5.41, 5.74) is 3.61. The van der Waals surface area contributed by atoms with Crippen LogP contribution in [0.4, 0.5) is 0 Å². The van der Waals surface area contributed by atoms with Crippen LogP contribution in [-0.2, 0) is 22.6 Å².